The molecule has 98 valence electrons. The van der Waals surface area contributed by atoms with E-state index in [2.05, 4.69) is 5.32 Å². The fraction of sp³-hybridized carbons (Fsp3) is 0.500. The highest BCUT2D eigenvalue weighted by Crippen LogP contribution is 2.38. The van der Waals surface area contributed by atoms with E-state index < -0.39 is 5.97 Å². The molecular formula is C14H19NO3. The van der Waals surface area contributed by atoms with Crippen LogP contribution in [-0.4, -0.2) is 24.2 Å². The third-order valence-electron chi connectivity index (χ3n) is 3.28. The Morgan fingerprint density at radius 1 is 1.56 bits per heavy atom. The molecule has 0 radical (unpaired) electrons. The van der Waals surface area contributed by atoms with Gasteiger partial charge in [-0.1, -0.05) is 0 Å². The summed E-state index contributed by atoms with van der Waals surface area (Å²) in [7, 11) is 0. The van der Waals surface area contributed by atoms with E-state index in [1.165, 1.54) is 0 Å². The van der Waals surface area contributed by atoms with Crippen LogP contribution in [0.2, 0.25) is 0 Å². The zero-order valence-electron chi connectivity index (χ0n) is 10.8. The van der Waals surface area contributed by atoms with Crippen molar-refractivity contribution in [3.8, 4) is 5.75 Å². The number of carbonyl (C=O) groups is 1. The van der Waals surface area contributed by atoms with Crippen LogP contribution < -0.4 is 10.1 Å². The highest BCUT2D eigenvalue weighted by molar-refractivity contribution is 5.73. The maximum Gasteiger partial charge on any atom is 0.306 e. The van der Waals surface area contributed by atoms with Gasteiger partial charge >= 0.3 is 5.97 Å². The van der Waals surface area contributed by atoms with E-state index in [4.69, 9.17) is 9.84 Å². The normalized spacial score (nSPS) is 21.4. The molecule has 4 nitrogen and oxygen atoms in total. The first-order valence-corrected chi connectivity index (χ1v) is 6.32. The van der Waals surface area contributed by atoms with Crippen molar-refractivity contribution in [1.82, 2.24) is 0 Å². The Hall–Kier alpha value is -1.71. The topological polar surface area (TPSA) is 58.6 Å². The number of anilines is 1. The van der Waals surface area contributed by atoms with Gasteiger partial charge in [0, 0.05) is 12.2 Å². The van der Waals surface area contributed by atoms with E-state index in [9.17, 15) is 4.79 Å². The fourth-order valence-electron chi connectivity index (χ4n) is 2.10. The number of rotatable bonds is 6. The summed E-state index contributed by atoms with van der Waals surface area (Å²) in [6, 6.07) is 5.95. The van der Waals surface area contributed by atoms with Crippen LogP contribution in [0.25, 0.3) is 0 Å². The van der Waals surface area contributed by atoms with E-state index >= 15 is 0 Å². The Bertz CT molecular complexity index is 445. The fourth-order valence-corrected chi connectivity index (χ4v) is 2.10. The smallest absolute Gasteiger partial charge is 0.306 e. The molecule has 0 spiro atoms. The molecule has 1 aromatic rings. The van der Waals surface area contributed by atoms with Crippen LogP contribution in [0.1, 0.15) is 18.9 Å². The Morgan fingerprint density at radius 3 is 2.89 bits per heavy atom. The van der Waals surface area contributed by atoms with Gasteiger partial charge in [-0.3, -0.25) is 4.79 Å². The Kier molecular flexibility index (Phi) is 3.75. The number of benzene rings is 1. The summed E-state index contributed by atoms with van der Waals surface area (Å²) in [5.41, 5.74) is 2.11. The summed E-state index contributed by atoms with van der Waals surface area (Å²) in [4.78, 5) is 10.7. The highest BCUT2D eigenvalue weighted by Gasteiger charge is 2.42. The minimum Gasteiger partial charge on any atom is -0.494 e. The van der Waals surface area contributed by atoms with Crippen LogP contribution in [0.5, 0.6) is 5.75 Å². The van der Waals surface area contributed by atoms with Gasteiger partial charge in [0.15, 0.2) is 0 Å². The number of hydrogen-bond acceptors (Lipinski definition) is 3. The maximum absolute atomic E-state index is 10.7. The van der Waals surface area contributed by atoms with Gasteiger partial charge in [0.05, 0.1) is 12.5 Å². The summed E-state index contributed by atoms with van der Waals surface area (Å²) < 4.78 is 5.47. The van der Waals surface area contributed by atoms with Crippen LogP contribution >= 0.6 is 0 Å². The molecule has 0 amide bonds. The van der Waals surface area contributed by atoms with E-state index in [1.807, 2.05) is 32.0 Å². The molecule has 1 aliphatic carbocycles. The third-order valence-corrected chi connectivity index (χ3v) is 3.28. The van der Waals surface area contributed by atoms with Crippen molar-refractivity contribution >= 4 is 11.7 Å². The summed E-state index contributed by atoms with van der Waals surface area (Å²) in [6.07, 6.45) is 0.790. The van der Waals surface area contributed by atoms with Crippen LogP contribution in [0.4, 0.5) is 5.69 Å². The second-order valence-corrected chi connectivity index (χ2v) is 4.73. The summed E-state index contributed by atoms with van der Waals surface area (Å²) >= 11 is 0. The molecule has 2 unspecified atom stereocenters. The number of aryl methyl sites for hydroxylation is 1. The lowest BCUT2D eigenvalue weighted by molar-refractivity contribution is -0.138. The minimum atomic E-state index is -0.676. The Labute approximate surface area is 107 Å². The Balaban J connectivity index is 1.87. The van der Waals surface area contributed by atoms with Crippen LogP contribution in [0.15, 0.2) is 18.2 Å². The number of hydrogen-bond donors (Lipinski definition) is 2. The number of nitrogens with one attached hydrogen (secondary N) is 1. The lowest BCUT2D eigenvalue weighted by Crippen LogP contribution is -2.08. The number of carboxylic acids is 1. The predicted molar refractivity (Wildman–Crippen MR) is 70.1 cm³/mol. The summed E-state index contributed by atoms with van der Waals surface area (Å²) in [5.74, 6) is 0.346. The molecule has 1 aliphatic rings. The Morgan fingerprint density at radius 2 is 2.33 bits per heavy atom. The molecular weight excluding hydrogens is 230 g/mol. The molecule has 2 rings (SSSR count). The van der Waals surface area contributed by atoms with Crippen molar-refractivity contribution in [2.45, 2.75) is 20.3 Å². The lowest BCUT2D eigenvalue weighted by atomic mass is 10.2. The average Bonchev–Trinajstić information content (AvgIpc) is 3.09. The van der Waals surface area contributed by atoms with E-state index in [0.29, 0.717) is 6.61 Å². The van der Waals surface area contributed by atoms with Crippen molar-refractivity contribution in [3.63, 3.8) is 0 Å². The molecule has 0 aliphatic heterocycles. The molecule has 1 aromatic carbocycles. The van der Waals surface area contributed by atoms with Crippen molar-refractivity contribution in [2.75, 3.05) is 18.5 Å². The molecule has 1 fully saturated rings. The minimum absolute atomic E-state index is 0.152. The number of aliphatic carboxylic acids is 1. The van der Waals surface area contributed by atoms with Crippen LogP contribution in [-0.2, 0) is 4.79 Å². The van der Waals surface area contributed by atoms with Crippen molar-refractivity contribution in [2.24, 2.45) is 11.8 Å². The maximum atomic E-state index is 10.7. The van der Waals surface area contributed by atoms with Crippen LogP contribution in [0, 0.1) is 18.8 Å². The SMILES string of the molecule is CCOc1ccc(NCC2CC2C(=O)O)cc1C. The van der Waals surface area contributed by atoms with Gasteiger partial charge in [0.1, 0.15) is 5.75 Å². The molecule has 0 heterocycles. The standard InChI is InChI=1S/C14H19NO3/c1-3-18-13-5-4-11(6-9(13)2)15-8-10-7-12(10)14(16)17/h4-6,10,12,15H,3,7-8H2,1-2H3,(H,16,17). The van der Waals surface area contributed by atoms with Gasteiger partial charge in [0.25, 0.3) is 0 Å². The lowest BCUT2D eigenvalue weighted by Gasteiger charge is -2.10. The van der Waals surface area contributed by atoms with Crippen molar-refractivity contribution < 1.29 is 14.6 Å². The van der Waals surface area contributed by atoms with Gasteiger partial charge < -0.3 is 15.2 Å². The van der Waals surface area contributed by atoms with Crippen molar-refractivity contribution in [3.05, 3.63) is 23.8 Å². The highest BCUT2D eigenvalue weighted by atomic mass is 16.5. The second kappa shape index (κ2) is 5.29. The molecule has 4 heteroatoms. The second-order valence-electron chi connectivity index (χ2n) is 4.73. The first-order chi connectivity index (χ1) is 8.61. The molecule has 0 bridgehead atoms. The third kappa shape index (κ3) is 2.94. The molecule has 0 aromatic heterocycles. The number of carboxylic acid groups (broad SMARTS) is 1. The van der Waals surface area contributed by atoms with Gasteiger partial charge in [0.2, 0.25) is 0 Å². The quantitative estimate of drug-likeness (QED) is 0.813. The largest absolute Gasteiger partial charge is 0.494 e. The van der Waals surface area contributed by atoms with E-state index in [-0.39, 0.29) is 11.8 Å². The van der Waals surface area contributed by atoms with Gasteiger partial charge in [-0.05, 0) is 49.9 Å². The van der Waals surface area contributed by atoms with E-state index in [1.54, 1.807) is 0 Å². The molecule has 2 N–H and O–H groups in total. The predicted octanol–water partition coefficient (Wildman–Crippen LogP) is 2.53. The molecule has 1 saturated carbocycles. The summed E-state index contributed by atoms with van der Waals surface area (Å²) in [6.45, 7) is 5.36. The van der Waals surface area contributed by atoms with Crippen molar-refractivity contribution in [1.29, 1.82) is 0 Å². The monoisotopic (exact) mass is 249 g/mol. The van der Waals surface area contributed by atoms with Gasteiger partial charge in [-0.15, -0.1) is 0 Å². The van der Waals surface area contributed by atoms with Gasteiger partial charge in [-0.2, -0.15) is 0 Å². The zero-order chi connectivity index (χ0) is 13.1. The number of ether oxygens (including phenoxy) is 1. The summed E-state index contributed by atoms with van der Waals surface area (Å²) in [5, 5.41) is 12.1. The van der Waals surface area contributed by atoms with E-state index in [0.717, 1.165) is 30.0 Å². The van der Waals surface area contributed by atoms with Gasteiger partial charge in [-0.25, -0.2) is 0 Å². The van der Waals surface area contributed by atoms with Crippen LogP contribution in [0.3, 0.4) is 0 Å². The molecule has 18 heavy (non-hydrogen) atoms. The molecule has 2 atom stereocenters. The molecule has 0 saturated heterocycles. The zero-order valence-corrected chi connectivity index (χ0v) is 10.8. The first-order valence-electron chi connectivity index (χ1n) is 6.32. The average molecular weight is 249 g/mol. The first kappa shape index (κ1) is 12.7.